The Bertz CT molecular complexity index is 489. The highest BCUT2D eigenvalue weighted by Crippen LogP contribution is 2.48. The van der Waals surface area contributed by atoms with E-state index in [-0.39, 0.29) is 13.8 Å². The minimum Gasteiger partial charge on any atom is -1.00 e. The van der Waals surface area contributed by atoms with E-state index in [1.807, 2.05) is 0 Å². The van der Waals surface area contributed by atoms with Crippen molar-refractivity contribution in [2.45, 2.75) is 44.1 Å². The van der Waals surface area contributed by atoms with Crippen molar-refractivity contribution in [1.82, 2.24) is 5.32 Å². The molecule has 3 nitrogen and oxygen atoms in total. The summed E-state index contributed by atoms with van der Waals surface area (Å²) < 4.78 is 10.9. The van der Waals surface area contributed by atoms with E-state index in [0.29, 0.717) is 11.5 Å². The quantitative estimate of drug-likeness (QED) is 0.852. The molecule has 1 aliphatic heterocycles. The second-order valence-corrected chi connectivity index (χ2v) is 5.88. The zero-order chi connectivity index (χ0) is 13.5. The fourth-order valence-electron chi connectivity index (χ4n) is 3.76. The van der Waals surface area contributed by atoms with Crippen molar-refractivity contribution in [3.8, 4) is 11.5 Å². The van der Waals surface area contributed by atoms with E-state index in [2.05, 4.69) is 24.4 Å². The molecule has 1 aliphatic carbocycles. The van der Waals surface area contributed by atoms with Crippen LogP contribution in [0.5, 0.6) is 11.5 Å². The van der Waals surface area contributed by atoms with Gasteiger partial charge in [-0.15, -0.1) is 0 Å². The van der Waals surface area contributed by atoms with Gasteiger partial charge in [-0.2, -0.15) is 0 Å². The van der Waals surface area contributed by atoms with Crippen LogP contribution in [0.15, 0.2) is 12.1 Å². The Kier molecular flexibility index (Phi) is 4.50. The molecule has 1 saturated carbocycles. The van der Waals surface area contributed by atoms with Gasteiger partial charge in [0.05, 0.1) is 14.2 Å². The van der Waals surface area contributed by atoms with Crippen LogP contribution in [0.1, 0.15) is 51.2 Å². The van der Waals surface area contributed by atoms with Crippen LogP contribution >= 0.6 is 0 Å². The van der Waals surface area contributed by atoms with Gasteiger partial charge in [0.15, 0.2) is 11.5 Å². The highest BCUT2D eigenvalue weighted by Gasteiger charge is 2.41. The standard InChI is InChI=1S/C16H23NO2.ClH/c1-11-12-8-14(18-2)15(19-3)9-13(12)16(10-17-11)6-4-5-7-16;/h8-9,11,17H,4-7,10H2,1-3H3;1H. The third-order valence-corrected chi connectivity index (χ3v) is 4.90. The monoisotopic (exact) mass is 297 g/mol. The Labute approximate surface area is 128 Å². The lowest BCUT2D eigenvalue weighted by atomic mass is 9.72. The van der Waals surface area contributed by atoms with Crippen LogP contribution in [0.3, 0.4) is 0 Å². The maximum atomic E-state index is 5.49. The molecule has 0 aromatic heterocycles. The maximum Gasteiger partial charge on any atom is 1.00 e. The van der Waals surface area contributed by atoms with Crippen molar-refractivity contribution < 1.29 is 23.3 Å². The lowest BCUT2D eigenvalue weighted by Gasteiger charge is -2.40. The van der Waals surface area contributed by atoms with E-state index in [9.17, 15) is 0 Å². The Morgan fingerprint density at radius 3 is 2.35 bits per heavy atom. The molecule has 1 aromatic rings. The first kappa shape index (κ1) is 15.5. The smallest absolute Gasteiger partial charge is 1.00 e. The molecule has 1 fully saturated rings. The van der Waals surface area contributed by atoms with E-state index >= 15 is 0 Å². The molecule has 0 saturated heterocycles. The number of rotatable bonds is 2. The van der Waals surface area contributed by atoms with Crippen LogP contribution in [-0.2, 0) is 5.41 Å². The second kappa shape index (κ2) is 5.82. The van der Waals surface area contributed by atoms with Gasteiger partial charge in [0.25, 0.3) is 0 Å². The number of ether oxygens (including phenoxy) is 2. The molecule has 1 unspecified atom stereocenters. The van der Waals surface area contributed by atoms with Crippen LogP contribution in [0, 0.1) is 0 Å². The molecule has 112 valence electrons. The number of benzene rings is 1. The number of hydrogen-bond donors (Lipinski definition) is 1. The van der Waals surface area contributed by atoms with Crippen LogP contribution < -0.4 is 27.2 Å². The van der Waals surface area contributed by atoms with Gasteiger partial charge in [-0.25, -0.2) is 0 Å². The molecule has 2 aliphatic rings. The van der Waals surface area contributed by atoms with Gasteiger partial charge in [0.2, 0.25) is 0 Å². The SMILES string of the molecule is COc1cc2c(cc1OC)C1(CCCC1)CNC2C.[Cl-].[H+]. The largest absolute Gasteiger partial charge is 1.00 e. The van der Waals surface area contributed by atoms with Gasteiger partial charge >= 0.3 is 1.43 Å². The summed E-state index contributed by atoms with van der Waals surface area (Å²) in [6.07, 6.45) is 5.25. The Hall–Kier alpha value is -0.930. The number of fused-ring (bicyclic) bond motifs is 2. The summed E-state index contributed by atoms with van der Waals surface area (Å²) >= 11 is 0. The zero-order valence-electron chi connectivity index (χ0n) is 13.5. The molecule has 1 heterocycles. The van der Waals surface area contributed by atoms with Crippen molar-refractivity contribution in [1.29, 1.82) is 0 Å². The number of methoxy groups -OCH3 is 2. The van der Waals surface area contributed by atoms with Crippen LogP contribution in [0.4, 0.5) is 0 Å². The average Bonchev–Trinajstić information content (AvgIpc) is 2.91. The summed E-state index contributed by atoms with van der Waals surface area (Å²) in [7, 11) is 3.42. The molecule has 3 rings (SSSR count). The van der Waals surface area contributed by atoms with E-state index in [4.69, 9.17) is 9.47 Å². The van der Waals surface area contributed by atoms with Gasteiger partial charge in [0.1, 0.15) is 0 Å². The molecular formula is C16H24ClNO2. The first-order valence-corrected chi connectivity index (χ1v) is 7.20. The first-order valence-electron chi connectivity index (χ1n) is 7.20. The summed E-state index contributed by atoms with van der Waals surface area (Å²) in [6, 6.07) is 4.77. The van der Waals surface area contributed by atoms with Gasteiger partial charge in [-0.05, 0) is 43.0 Å². The Balaban J connectivity index is 0.00000110. The molecule has 1 atom stereocenters. The van der Waals surface area contributed by atoms with E-state index < -0.39 is 0 Å². The molecule has 1 N–H and O–H groups in total. The third kappa shape index (κ3) is 2.27. The minimum atomic E-state index is 0. The van der Waals surface area contributed by atoms with Crippen molar-refractivity contribution in [2.75, 3.05) is 20.8 Å². The summed E-state index contributed by atoms with van der Waals surface area (Å²) in [6.45, 7) is 3.32. The van der Waals surface area contributed by atoms with Gasteiger partial charge in [-0.3, -0.25) is 0 Å². The molecular weight excluding hydrogens is 274 g/mol. The molecule has 0 amide bonds. The molecule has 1 spiro atoms. The molecule has 0 radical (unpaired) electrons. The van der Waals surface area contributed by atoms with E-state index in [1.54, 1.807) is 14.2 Å². The van der Waals surface area contributed by atoms with Gasteiger partial charge in [-0.1, -0.05) is 12.8 Å². The average molecular weight is 298 g/mol. The minimum absolute atomic E-state index is 0. The van der Waals surface area contributed by atoms with Crippen LogP contribution in [0.2, 0.25) is 0 Å². The first-order chi connectivity index (χ1) is 9.20. The molecule has 4 heteroatoms. The second-order valence-electron chi connectivity index (χ2n) is 5.88. The normalized spacial score (nSPS) is 23.1. The van der Waals surface area contributed by atoms with E-state index in [0.717, 1.165) is 18.0 Å². The van der Waals surface area contributed by atoms with Crippen LogP contribution in [0.25, 0.3) is 0 Å². The maximum absolute atomic E-state index is 5.49. The summed E-state index contributed by atoms with van der Waals surface area (Å²) in [5.41, 5.74) is 3.18. The fraction of sp³-hybridized carbons (Fsp3) is 0.625. The van der Waals surface area contributed by atoms with Crippen LogP contribution in [-0.4, -0.2) is 20.8 Å². The molecule has 20 heavy (non-hydrogen) atoms. The molecule has 1 aromatic carbocycles. The number of halogens is 1. The van der Waals surface area contributed by atoms with Crippen molar-refractivity contribution in [3.05, 3.63) is 23.3 Å². The summed E-state index contributed by atoms with van der Waals surface area (Å²) in [4.78, 5) is 0. The topological polar surface area (TPSA) is 30.5 Å². The van der Waals surface area contributed by atoms with Crippen molar-refractivity contribution >= 4 is 0 Å². The Morgan fingerprint density at radius 2 is 1.75 bits per heavy atom. The highest BCUT2D eigenvalue weighted by atomic mass is 35.5. The predicted octanol–water partition coefficient (Wildman–Crippen LogP) is 0.296. The lowest BCUT2D eigenvalue weighted by Crippen LogP contribution is -3.00. The van der Waals surface area contributed by atoms with Crippen molar-refractivity contribution in [2.24, 2.45) is 0 Å². The number of hydrogen-bond acceptors (Lipinski definition) is 3. The van der Waals surface area contributed by atoms with E-state index in [1.165, 1.54) is 36.8 Å². The highest BCUT2D eigenvalue weighted by molar-refractivity contribution is 5.52. The van der Waals surface area contributed by atoms with Crippen molar-refractivity contribution in [3.63, 3.8) is 0 Å². The number of nitrogens with one attached hydrogen (secondary N) is 1. The third-order valence-electron chi connectivity index (χ3n) is 4.90. The Morgan fingerprint density at radius 1 is 1.15 bits per heavy atom. The zero-order valence-corrected chi connectivity index (χ0v) is 13.2. The predicted molar refractivity (Wildman–Crippen MR) is 77.2 cm³/mol. The summed E-state index contributed by atoms with van der Waals surface area (Å²) in [5.74, 6) is 1.70. The summed E-state index contributed by atoms with van der Waals surface area (Å²) in [5, 5.41) is 3.66. The molecule has 0 bridgehead atoms. The van der Waals surface area contributed by atoms with Gasteiger partial charge < -0.3 is 27.2 Å². The van der Waals surface area contributed by atoms with Gasteiger partial charge in [0, 0.05) is 18.0 Å². The fourth-order valence-corrected chi connectivity index (χ4v) is 3.76. The lowest BCUT2D eigenvalue weighted by molar-refractivity contribution is -0.00000460.